The van der Waals surface area contributed by atoms with E-state index in [0.29, 0.717) is 6.04 Å². The molecule has 0 saturated heterocycles. The van der Waals surface area contributed by atoms with E-state index in [0.717, 1.165) is 24.8 Å². The molecule has 1 aliphatic rings. The molecular weight excluding hydrogens is 200 g/mol. The maximum absolute atomic E-state index is 5.93. The molecule has 0 bridgehead atoms. The zero-order valence-electron chi connectivity index (χ0n) is 10.3. The van der Waals surface area contributed by atoms with Crippen molar-refractivity contribution in [1.82, 2.24) is 4.90 Å². The van der Waals surface area contributed by atoms with Crippen LogP contribution in [0.2, 0.25) is 0 Å². The van der Waals surface area contributed by atoms with Crippen LogP contribution in [0, 0.1) is 12.8 Å². The third-order valence-electron chi connectivity index (χ3n) is 3.56. The molecule has 0 radical (unpaired) electrons. The van der Waals surface area contributed by atoms with Crippen LogP contribution in [0.5, 0.6) is 0 Å². The van der Waals surface area contributed by atoms with Crippen molar-refractivity contribution in [2.45, 2.75) is 38.8 Å². The van der Waals surface area contributed by atoms with Crippen LogP contribution in [0.3, 0.4) is 0 Å². The van der Waals surface area contributed by atoms with Gasteiger partial charge in [0.25, 0.3) is 0 Å². The molecule has 0 spiro atoms. The quantitative estimate of drug-likeness (QED) is 0.848. The highest BCUT2D eigenvalue weighted by Crippen LogP contribution is 2.25. The molecule has 0 amide bonds. The third kappa shape index (κ3) is 2.86. The van der Waals surface area contributed by atoms with Crippen molar-refractivity contribution in [2.75, 3.05) is 13.6 Å². The summed E-state index contributed by atoms with van der Waals surface area (Å²) in [6, 6.07) is 2.50. The maximum atomic E-state index is 5.93. The molecule has 1 aromatic heterocycles. The smallest absolute Gasteiger partial charge is 0.105 e. The van der Waals surface area contributed by atoms with Crippen LogP contribution in [-0.2, 0) is 6.54 Å². The first-order chi connectivity index (χ1) is 7.65. The molecule has 1 aliphatic carbocycles. The van der Waals surface area contributed by atoms with Crippen LogP contribution in [-0.4, -0.2) is 24.5 Å². The highest BCUT2D eigenvalue weighted by molar-refractivity contribution is 5.14. The summed E-state index contributed by atoms with van der Waals surface area (Å²) in [6.07, 6.45) is 5.44. The van der Waals surface area contributed by atoms with Crippen molar-refractivity contribution in [3.05, 3.63) is 23.7 Å². The molecule has 1 heterocycles. The monoisotopic (exact) mass is 222 g/mol. The highest BCUT2D eigenvalue weighted by Gasteiger charge is 2.22. The van der Waals surface area contributed by atoms with Gasteiger partial charge >= 0.3 is 0 Å². The molecule has 3 nitrogen and oxygen atoms in total. The fraction of sp³-hybridized carbons (Fsp3) is 0.692. The molecule has 2 unspecified atom stereocenters. The Balaban J connectivity index is 1.80. The minimum atomic E-state index is 0.439. The average Bonchev–Trinajstić information content (AvgIpc) is 2.77. The van der Waals surface area contributed by atoms with Gasteiger partial charge in [-0.25, -0.2) is 0 Å². The number of aryl methyl sites for hydroxylation is 1. The van der Waals surface area contributed by atoms with Crippen molar-refractivity contribution in [3.63, 3.8) is 0 Å². The molecule has 1 aromatic rings. The lowest BCUT2D eigenvalue weighted by molar-refractivity contribution is 0.268. The van der Waals surface area contributed by atoms with E-state index in [9.17, 15) is 0 Å². The number of nitrogens with zero attached hydrogens (tertiary/aromatic N) is 1. The van der Waals surface area contributed by atoms with Gasteiger partial charge in [-0.3, -0.25) is 0 Å². The van der Waals surface area contributed by atoms with Gasteiger partial charge < -0.3 is 15.1 Å². The highest BCUT2D eigenvalue weighted by atomic mass is 16.3. The Labute approximate surface area is 97.6 Å². The lowest BCUT2D eigenvalue weighted by Crippen LogP contribution is -2.25. The summed E-state index contributed by atoms with van der Waals surface area (Å²) >= 11 is 0. The molecule has 2 N–H and O–H groups in total. The van der Waals surface area contributed by atoms with Crippen LogP contribution in [0.25, 0.3) is 0 Å². The summed E-state index contributed by atoms with van der Waals surface area (Å²) in [5.41, 5.74) is 7.22. The van der Waals surface area contributed by atoms with E-state index in [4.69, 9.17) is 10.2 Å². The van der Waals surface area contributed by atoms with Crippen molar-refractivity contribution in [1.29, 1.82) is 0 Å². The van der Waals surface area contributed by atoms with Crippen LogP contribution < -0.4 is 5.73 Å². The Morgan fingerprint density at radius 3 is 2.88 bits per heavy atom. The van der Waals surface area contributed by atoms with Crippen LogP contribution in [0.1, 0.15) is 30.6 Å². The van der Waals surface area contributed by atoms with Crippen LogP contribution in [0.4, 0.5) is 0 Å². The van der Waals surface area contributed by atoms with Gasteiger partial charge in [-0.05, 0) is 45.2 Å². The SMILES string of the molecule is Cc1occc1CN(C)CC1CCC(N)C1. The van der Waals surface area contributed by atoms with Crippen molar-refractivity contribution < 1.29 is 4.42 Å². The van der Waals surface area contributed by atoms with Gasteiger partial charge in [-0.1, -0.05) is 0 Å². The fourth-order valence-electron chi connectivity index (χ4n) is 2.65. The van der Waals surface area contributed by atoms with Gasteiger partial charge in [-0.2, -0.15) is 0 Å². The third-order valence-corrected chi connectivity index (χ3v) is 3.56. The lowest BCUT2D eigenvalue weighted by atomic mass is 10.1. The van der Waals surface area contributed by atoms with Gasteiger partial charge in [0.1, 0.15) is 5.76 Å². The standard InChI is InChI=1S/C13H22N2O/c1-10-12(5-6-16-10)9-15(2)8-11-3-4-13(14)7-11/h5-6,11,13H,3-4,7-9,14H2,1-2H3. The molecule has 0 aliphatic heterocycles. The first kappa shape index (κ1) is 11.7. The predicted octanol–water partition coefficient (Wildman–Crippen LogP) is 2.15. The minimum Gasteiger partial charge on any atom is -0.469 e. The number of furan rings is 1. The van der Waals surface area contributed by atoms with Crippen molar-refractivity contribution in [3.8, 4) is 0 Å². The topological polar surface area (TPSA) is 42.4 Å². The van der Waals surface area contributed by atoms with Gasteiger partial charge in [-0.15, -0.1) is 0 Å². The molecule has 2 atom stereocenters. The van der Waals surface area contributed by atoms with E-state index in [1.54, 1.807) is 6.26 Å². The summed E-state index contributed by atoms with van der Waals surface area (Å²) in [6.45, 7) is 4.15. The molecule has 16 heavy (non-hydrogen) atoms. The summed E-state index contributed by atoms with van der Waals surface area (Å²) in [4.78, 5) is 2.38. The Kier molecular flexibility index (Phi) is 3.66. The van der Waals surface area contributed by atoms with Crippen molar-refractivity contribution in [2.24, 2.45) is 11.7 Å². The second-order valence-corrected chi connectivity index (χ2v) is 5.14. The van der Waals surface area contributed by atoms with Crippen LogP contribution in [0.15, 0.2) is 16.7 Å². The second-order valence-electron chi connectivity index (χ2n) is 5.14. The van der Waals surface area contributed by atoms with Gasteiger partial charge in [0.2, 0.25) is 0 Å². The first-order valence-electron chi connectivity index (χ1n) is 6.12. The molecule has 0 aromatic carbocycles. The number of hydrogen-bond acceptors (Lipinski definition) is 3. The van der Waals surface area contributed by atoms with E-state index in [1.165, 1.54) is 24.8 Å². The summed E-state index contributed by atoms with van der Waals surface area (Å²) < 4.78 is 5.31. The van der Waals surface area contributed by atoms with E-state index in [-0.39, 0.29) is 0 Å². The van der Waals surface area contributed by atoms with E-state index < -0.39 is 0 Å². The van der Waals surface area contributed by atoms with Crippen molar-refractivity contribution >= 4 is 0 Å². The molecule has 1 fully saturated rings. The molecule has 90 valence electrons. The Morgan fingerprint density at radius 2 is 2.31 bits per heavy atom. The van der Waals surface area contributed by atoms with E-state index in [1.807, 2.05) is 6.92 Å². The van der Waals surface area contributed by atoms with Gasteiger partial charge in [0.05, 0.1) is 6.26 Å². The zero-order chi connectivity index (χ0) is 11.5. The fourth-order valence-corrected chi connectivity index (χ4v) is 2.65. The second kappa shape index (κ2) is 5.02. The lowest BCUT2D eigenvalue weighted by Gasteiger charge is -2.20. The summed E-state index contributed by atoms with van der Waals surface area (Å²) in [5.74, 6) is 1.82. The number of hydrogen-bond donors (Lipinski definition) is 1. The van der Waals surface area contributed by atoms with Crippen LogP contribution >= 0.6 is 0 Å². The molecular formula is C13H22N2O. The van der Waals surface area contributed by atoms with E-state index in [2.05, 4.69) is 18.0 Å². The first-order valence-corrected chi connectivity index (χ1v) is 6.12. The average molecular weight is 222 g/mol. The van der Waals surface area contributed by atoms with E-state index >= 15 is 0 Å². The molecule has 1 saturated carbocycles. The largest absolute Gasteiger partial charge is 0.469 e. The summed E-state index contributed by atoms with van der Waals surface area (Å²) in [7, 11) is 2.18. The molecule has 3 heteroatoms. The van der Waals surface area contributed by atoms with Gasteiger partial charge in [0.15, 0.2) is 0 Å². The minimum absolute atomic E-state index is 0.439. The number of nitrogens with two attached hydrogens (primary N) is 1. The Morgan fingerprint density at radius 1 is 1.50 bits per heavy atom. The summed E-state index contributed by atoms with van der Waals surface area (Å²) in [5, 5.41) is 0. The zero-order valence-corrected chi connectivity index (χ0v) is 10.3. The Bertz CT molecular complexity index is 334. The number of rotatable bonds is 4. The Hall–Kier alpha value is -0.800. The predicted molar refractivity (Wildman–Crippen MR) is 65.1 cm³/mol. The maximum Gasteiger partial charge on any atom is 0.105 e. The molecule has 2 rings (SSSR count). The van der Waals surface area contributed by atoms with Gasteiger partial charge in [0, 0.05) is 24.7 Å². The normalized spacial score (nSPS) is 25.5.